The van der Waals surface area contributed by atoms with E-state index in [-0.39, 0.29) is 18.3 Å². The lowest BCUT2D eigenvalue weighted by atomic mass is 10.0. The van der Waals surface area contributed by atoms with E-state index < -0.39 is 30.1 Å². The third kappa shape index (κ3) is 6.00. The molecule has 2 aromatic rings. The number of rotatable bonds is 7. The van der Waals surface area contributed by atoms with Crippen LogP contribution in [0, 0.1) is 0 Å². The van der Waals surface area contributed by atoms with Gasteiger partial charge in [-0.15, -0.1) is 12.4 Å². The van der Waals surface area contributed by atoms with Gasteiger partial charge in [0.25, 0.3) is 11.8 Å². The molecular formula is C20H23ClN4O4. The SMILES string of the molecule is CN(C)C(=O)[C@H](Cc1ccccc1)NC(=O)C1OC1C(=O)Nc1cccnc1.Cl. The number of nitrogens with one attached hydrogen (secondary N) is 2. The second-order valence-electron chi connectivity index (χ2n) is 6.69. The lowest BCUT2D eigenvalue weighted by molar-refractivity contribution is -0.134. The van der Waals surface area contributed by atoms with Crippen LogP contribution in [-0.2, 0) is 25.5 Å². The monoisotopic (exact) mass is 418 g/mol. The number of halogens is 1. The smallest absolute Gasteiger partial charge is 0.256 e. The third-order valence-corrected chi connectivity index (χ3v) is 4.28. The number of epoxide rings is 1. The Morgan fingerprint density at radius 1 is 1.07 bits per heavy atom. The van der Waals surface area contributed by atoms with Crippen LogP contribution in [0.1, 0.15) is 5.56 Å². The second-order valence-corrected chi connectivity index (χ2v) is 6.69. The number of likely N-dealkylation sites (N-methyl/N-ethyl adjacent to an activating group) is 1. The number of hydrogen-bond donors (Lipinski definition) is 2. The first kappa shape index (κ1) is 22.3. The van der Waals surface area contributed by atoms with Crippen molar-refractivity contribution in [3.63, 3.8) is 0 Å². The molecule has 1 aromatic carbocycles. The number of carbonyl (C=O) groups excluding carboxylic acids is 3. The van der Waals surface area contributed by atoms with Crippen LogP contribution in [0.3, 0.4) is 0 Å². The molecule has 2 N–H and O–H groups in total. The topological polar surface area (TPSA) is 104 Å². The van der Waals surface area contributed by atoms with Gasteiger partial charge in [0.1, 0.15) is 6.04 Å². The number of hydrogen-bond acceptors (Lipinski definition) is 5. The number of pyridine rings is 1. The number of anilines is 1. The molecule has 1 aromatic heterocycles. The number of amides is 3. The van der Waals surface area contributed by atoms with Gasteiger partial charge >= 0.3 is 0 Å². The predicted molar refractivity (Wildman–Crippen MR) is 110 cm³/mol. The molecule has 1 fully saturated rings. The molecule has 29 heavy (non-hydrogen) atoms. The van der Waals surface area contributed by atoms with Gasteiger partial charge in [-0.2, -0.15) is 0 Å². The summed E-state index contributed by atoms with van der Waals surface area (Å²) in [4.78, 5) is 42.5. The zero-order valence-corrected chi connectivity index (χ0v) is 16.9. The largest absolute Gasteiger partial charge is 0.349 e. The Kier molecular flexibility index (Phi) is 7.69. The molecule has 1 aliphatic rings. The normalized spacial score (nSPS) is 18.0. The molecule has 0 bridgehead atoms. The van der Waals surface area contributed by atoms with Gasteiger partial charge in [0.2, 0.25) is 5.91 Å². The molecule has 0 spiro atoms. The van der Waals surface area contributed by atoms with Crippen LogP contribution in [-0.4, -0.2) is 60.0 Å². The molecule has 0 aliphatic carbocycles. The average molecular weight is 419 g/mol. The van der Waals surface area contributed by atoms with Crippen molar-refractivity contribution >= 4 is 35.8 Å². The van der Waals surface area contributed by atoms with E-state index in [1.807, 2.05) is 30.3 Å². The molecule has 8 nitrogen and oxygen atoms in total. The summed E-state index contributed by atoms with van der Waals surface area (Å²) in [6.45, 7) is 0. The van der Waals surface area contributed by atoms with Crippen molar-refractivity contribution < 1.29 is 19.1 Å². The van der Waals surface area contributed by atoms with Crippen LogP contribution < -0.4 is 10.6 Å². The number of benzene rings is 1. The van der Waals surface area contributed by atoms with Gasteiger partial charge in [-0.25, -0.2) is 0 Å². The summed E-state index contributed by atoms with van der Waals surface area (Å²) < 4.78 is 5.23. The van der Waals surface area contributed by atoms with E-state index in [2.05, 4.69) is 15.6 Å². The highest BCUT2D eigenvalue weighted by Gasteiger charge is 2.51. The van der Waals surface area contributed by atoms with E-state index in [1.165, 1.54) is 11.1 Å². The average Bonchev–Trinajstić information content (AvgIpc) is 3.49. The van der Waals surface area contributed by atoms with Crippen LogP contribution in [0.15, 0.2) is 54.9 Å². The summed E-state index contributed by atoms with van der Waals surface area (Å²) in [5, 5.41) is 5.35. The van der Waals surface area contributed by atoms with Gasteiger partial charge in [0.15, 0.2) is 12.2 Å². The van der Waals surface area contributed by atoms with Gasteiger partial charge in [0.05, 0.1) is 11.9 Å². The number of nitrogens with zero attached hydrogens (tertiary/aromatic N) is 2. The Labute approximate surface area is 175 Å². The summed E-state index contributed by atoms with van der Waals surface area (Å²) in [5.74, 6) is -1.14. The van der Waals surface area contributed by atoms with E-state index in [0.29, 0.717) is 12.1 Å². The van der Waals surface area contributed by atoms with Crippen LogP contribution in [0.5, 0.6) is 0 Å². The van der Waals surface area contributed by atoms with Crippen LogP contribution in [0.2, 0.25) is 0 Å². The number of carbonyl (C=O) groups is 3. The summed E-state index contributed by atoms with van der Waals surface area (Å²) in [5.41, 5.74) is 1.44. The van der Waals surface area contributed by atoms with Gasteiger partial charge in [-0.3, -0.25) is 19.4 Å². The standard InChI is InChI=1S/C20H22N4O4.ClH/c1-24(2)20(27)15(11-13-7-4-3-5-8-13)23-19(26)17-16(28-17)18(25)22-14-9-6-10-21-12-14;/h3-10,12,15-17H,11H2,1-2H3,(H,22,25)(H,23,26);1H/t15-,16?,17?;/m0./s1. The van der Waals surface area contributed by atoms with Gasteiger partial charge < -0.3 is 20.3 Å². The maximum Gasteiger partial charge on any atom is 0.256 e. The molecule has 3 amide bonds. The van der Waals surface area contributed by atoms with Gasteiger partial charge in [-0.05, 0) is 17.7 Å². The van der Waals surface area contributed by atoms with Crippen LogP contribution in [0.4, 0.5) is 5.69 Å². The molecule has 9 heteroatoms. The van der Waals surface area contributed by atoms with E-state index in [4.69, 9.17) is 4.74 Å². The first-order valence-electron chi connectivity index (χ1n) is 8.87. The van der Waals surface area contributed by atoms with Crippen LogP contribution in [0.25, 0.3) is 0 Å². The molecule has 1 saturated heterocycles. The van der Waals surface area contributed by atoms with Crippen molar-refractivity contribution in [2.75, 3.05) is 19.4 Å². The highest BCUT2D eigenvalue weighted by molar-refractivity contribution is 6.02. The molecule has 154 valence electrons. The lowest BCUT2D eigenvalue weighted by Crippen LogP contribution is -2.49. The highest BCUT2D eigenvalue weighted by Crippen LogP contribution is 2.24. The van der Waals surface area contributed by atoms with Crippen molar-refractivity contribution in [2.45, 2.75) is 24.7 Å². The minimum absolute atomic E-state index is 0. The first-order chi connectivity index (χ1) is 13.5. The Morgan fingerprint density at radius 2 is 1.76 bits per heavy atom. The summed E-state index contributed by atoms with van der Waals surface area (Å²) in [7, 11) is 3.26. The Bertz CT molecular complexity index is 848. The zero-order valence-electron chi connectivity index (χ0n) is 16.1. The Morgan fingerprint density at radius 3 is 2.38 bits per heavy atom. The number of ether oxygens (including phenoxy) is 1. The third-order valence-electron chi connectivity index (χ3n) is 4.28. The maximum absolute atomic E-state index is 12.5. The van der Waals surface area contributed by atoms with Crippen molar-refractivity contribution in [1.29, 1.82) is 0 Å². The summed E-state index contributed by atoms with van der Waals surface area (Å²) in [6, 6.07) is 12.0. The van der Waals surface area contributed by atoms with Crippen molar-refractivity contribution in [1.82, 2.24) is 15.2 Å². The predicted octanol–water partition coefficient (Wildman–Crippen LogP) is 1.02. The maximum atomic E-state index is 12.5. The van der Waals surface area contributed by atoms with Crippen molar-refractivity contribution in [3.05, 3.63) is 60.4 Å². The molecule has 1 aliphatic heterocycles. The lowest BCUT2D eigenvalue weighted by Gasteiger charge is -2.21. The van der Waals surface area contributed by atoms with Crippen LogP contribution >= 0.6 is 12.4 Å². The second kappa shape index (κ2) is 9.99. The van der Waals surface area contributed by atoms with E-state index in [9.17, 15) is 14.4 Å². The molecule has 2 heterocycles. The molecule has 0 radical (unpaired) electrons. The summed E-state index contributed by atoms with van der Waals surface area (Å²) >= 11 is 0. The zero-order chi connectivity index (χ0) is 20.1. The minimum atomic E-state index is -0.912. The Hall–Kier alpha value is -2.97. The van der Waals surface area contributed by atoms with Crippen molar-refractivity contribution in [2.24, 2.45) is 0 Å². The van der Waals surface area contributed by atoms with Gasteiger partial charge in [0, 0.05) is 26.7 Å². The van der Waals surface area contributed by atoms with Gasteiger partial charge in [-0.1, -0.05) is 30.3 Å². The number of aromatic nitrogens is 1. The fourth-order valence-corrected chi connectivity index (χ4v) is 2.78. The highest BCUT2D eigenvalue weighted by atomic mass is 35.5. The van der Waals surface area contributed by atoms with Crippen molar-refractivity contribution in [3.8, 4) is 0 Å². The van der Waals surface area contributed by atoms with E-state index >= 15 is 0 Å². The molecule has 3 rings (SSSR count). The van der Waals surface area contributed by atoms with E-state index in [1.54, 1.807) is 32.4 Å². The molecule has 0 saturated carbocycles. The fraction of sp³-hybridized carbons (Fsp3) is 0.300. The molecule has 2 unspecified atom stereocenters. The first-order valence-corrected chi connectivity index (χ1v) is 8.87. The molecular weight excluding hydrogens is 396 g/mol. The van der Waals surface area contributed by atoms with E-state index in [0.717, 1.165) is 5.56 Å². The minimum Gasteiger partial charge on any atom is -0.349 e. The quantitative estimate of drug-likeness (QED) is 0.653. The molecule has 3 atom stereocenters. The summed E-state index contributed by atoms with van der Waals surface area (Å²) in [6.07, 6.45) is 1.65. The Balaban J connectivity index is 0.00000300. The fourth-order valence-electron chi connectivity index (χ4n) is 2.78.